The van der Waals surface area contributed by atoms with Crippen LogP contribution in [0, 0.1) is 0 Å². The number of piperidine rings is 1. The van der Waals surface area contributed by atoms with E-state index in [-0.39, 0.29) is 11.8 Å². The monoisotopic (exact) mass is 399 g/mol. The number of hydrogen-bond acceptors (Lipinski definition) is 3. The van der Waals surface area contributed by atoms with Gasteiger partial charge in [-0.15, -0.1) is 0 Å². The van der Waals surface area contributed by atoms with Crippen molar-refractivity contribution in [3.8, 4) is 0 Å². The van der Waals surface area contributed by atoms with E-state index in [1.54, 1.807) is 12.3 Å². The minimum Gasteiger partial charge on any atom is -0.348 e. The van der Waals surface area contributed by atoms with Crippen molar-refractivity contribution in [1.82, 2.24) is 15.2 Å². The van der Waals surface area contributed by atoms with Gasteiger partial charge >= 0.3 is 0 Å². The fourth-order valence-corrected chi connectivity index (χ4v) is 3.72. The lowest BCUT2D eigenvalue weighted by atomic mass is 10.1. The second-order valence-electron chi connectivity index (χ2n) is 7.52. The van der Waals surface area contributed by atoms with Crippen molar-refractivity contribution in [2.24, 2.45) is 0 Å². The van der Waals surface area contributed by atoms with E-state index in [2.05, 4.69) is 10.3 Å². The number of carbonyl (C=O) groups is 2. The summed E-state index contributed by atoms with van der Waals surface area (Å²) in [6, 6.07) is 17.3. The predicted molar refractivity (Wildman–Crippen MR) is 119 cm³/mol. The molecule has 0 spiro atoms. The fraction of sp³-hybridized carbons (Fsp3) is 0.240. The molecule has 2 aromatic carbocycles. The van der Waals surface area contributed by atoms with E-state index in [1.165, 1.54) is 12.5 Å². The third kappa shape index (κ3) is 4.74. The van der Waals surface area contributed by atoms with Gasteiger partial charge in [-0.05, 0) is 49.1 Å². The van der Waals surface area contributed by atoms with E-state index < -0.39 is 0 Å². The Balaban J connectivity index is 1.33. The molecule has 2 amide bonds. The van der Waals surface area contributed by atoms with Crippen LogP contribution in [0.1, 0.15) is 40.7 Å². The van der Waals surface area contributed by atoms with Crippen molar-refractivity contribution in [3.05, 3.63) is 83.6 Å². The van der Waals surface area contributed by atoms with Crippen molar-refractivity contribution in [3.63, 3.8) is 0 Å². The van der Waals surface area contributed by atoms with Crippen molar-refractivity contribution < 1.29 is 9.59 Å². The summed E-state index contributed by atoms with van der Waals surface area (Å²) in [5.41, 5.74) is 3.44. The summed E-state index contributed by atoms with van der Waals surface area (Å²) in [4.78, 5) is 31.1. The van der Waals surface area contributed by atoms with E-state index in [9.17, 15) is 9.59 Å². The van der Waals surface area contributed by atoms with Gasteiger partial charge in [0.1, 0.15) is 0 Å². The van der Waals surface area contributed by atoms with Gasteiger partial charge < -0.3 is 10.2 Å². The maximum atomic E-state index is 12.5. The standard InChI is InChI=1S/C25H25N3O2/c29-23(14-13-21-7-4-6-20-8-5-15-26-24(20)21)27-18-19-9-11-22(12-10-19)25(30)28-16-2-1-3-17-28/h4-15H,1-3,16-18H2,(H,27,29)/b14-13+. The average Bonchev–Trinajstić information content (AvgIpc) is 2.82. The van der Waals surface area contributed by atoms with Crippen LogP contribution in [-0.2, 0) is 11.3 Å². The number of aromatic nitrogens is 1. The minimum absolute atomic E-state index is 0.0944. The van der Waals surface area contributed by atoms with Crippen LogP contribution in [-0.4, -0.2) is 34.8 Å². The first kappa shape index (κ1) is 19.8. The highest BCUT2D eigenvalue weighted by Gasteiger charge is 2.17. The third-order valence-corrected chi connectivity index (χ3v) is 5.39. The first-order valence-corrected chi connectivity index (χ1v) is 10.4. The molecule has 5 nitrogen and oxygen atoms in total. The van der Waals surface area contributed by atoms with Crippen molar-refractivity contribution in [1.29, 1.82) is 0 Å². The van der Waals surface area contributed by atoms with Gasteiger partial charge in [-0.2, -0.15) is 0 Å². The molecule has 2 heterocycles. The van der Waals surface area contributed by atoms with E-state index in [1.807, 2.05) is 59.5 Å². The quantitative estimate of drug-likeness (QED) is 0.655. The number of rotatable bonds is 5. The summed E-state index contributed by atoms with van der Waals surface area (Å²) in [5, 5.41) is 3.93. The van der Waals surface area contributed by atoms with Crippen LogP contribution in [0.15, 0.2) is 66.9 Å². The molecule has 30 heavy (non-hydrogen) atoms. The summed E-state index contributed by atoms with van der Waals surface area (Å²) in [6.45, 7) is 2.10. The summed E-state index contributed by atoms with van der Waals surface area (Å²) in [6.07, 6.45) is 8.42. The molecular formula is C25H25N3O2. The van der Waals surface area contributed by atoms with Gasteiger partial charge in [0.15, 0.2) is 0 Å². The number of nitrogens with zero attached hydrogens (tertiary/aromatic N) is 2. The number of hydrogen-bond donors (Lipinski definition) is 1. The van der Waals surface area contributed by atoms with Gasteiger partial charge in [0.2, 0.25) is 5.91 Å². The van der Waals surface area contributed by atoms with Gasteiger partial charge in [-0.3, -0.25) is 14.6 Å². The summed E-state index contributed by atoms with van der Waals surface area (Å²) in [7, 11) is 0. The van der Waals surface area contributed by atoms with Crippen molar-refractivity contribution in [2.75, 3.05) is 13.1 Å². The first-order chi connectivity index (χ1) is 14.7. The highest BCUT2D eigenvalue weighted by Crippen LogP contribution is 2.17. The summed E-state index contributed by atoms with van der Waals surface area (Å²) in [5.74, 6) is -0.0756. The number of para-hydroxylation sites is 1. The smallest absolute Gasteiger partial charge is 0.253 e. The normalized spacial score (nSPS) is 14.2. The molecular weight excluding hydrogens is 374 g/mol. The van der Waals surface area contributed by atoms with Gasteiger partial charge in [-0.25, -0.2) is 0 Å². The predicted octanol–water partition coefficient (Wildman–Crippen LogP) is 4.19. The average molecular weight is 399 g/mol. The molecule has 0 aliphatic carbocycles. The molecule has 0 radical (unpaired) electrons. The van der Waals surface area contributed by atoms with Crippen LogP contribution >= 0.6 is 0 Å². The molecule has 5 heteroatoms. The molecule has 152 valence electrons. The molecule has 0 bridgehead atoms. The Morgan fingerprint density at radius 1 is 0.967 bits per heavy atom. The second kappa shape index (κ2) is 9.35. The number of carbonyl (C=O) groups excluding carboxylic acids is 2. The maximum Gasteiger partial charge on any atom is 0.253 e. The number of amides is 2. The molecule has 0 saturated carbocycles. The Morgan fingerprint density at radius 2 is 1.73 bits per heavy atom. The number of pyridine rings is 1. The third-order valence-electron chi connectivity index (χ3n) is 5.39. The molecule has 0 atom stereocenters. The Bertz CT molecular complexity index is 1060. The maximum absolute atomic E-state index is 12.5. The second-order valence-corrected chi connectivity index (χ2v) is 7.52. The fourth-order valence-electron chi connectivity index (χ4n) is 3.72. The molecule has 3 aromatic rings. The Kier molecular flexibility index (Phi) is 6.18. The van der Waals surface area contributed by atoms with Crippen molar-refractivity contribution >= 4 is 28.8 Å². The summed E-state index contributed by atoms with van der Waals surface area (Å²) >= 11 is 0. The molecule has 1 aromatic heterocycles. The highest BCUT2D eigenvalue weighted by molar-refractivity contribution is 5.95. The molecule has 1 saturated heterocycles. The zero-order valence-corrected chi connectivity index (χ0v) is 16.9. The summed E-state index contributed by atoms with van der Waals surface area (Å²) < 4.78 is 0. The van der Waals surface area contributed by atoms with Crippen LogP contribution < -0.4 is 5.32 Å². The van der Waals surface area contributed by atoms with E-state index >= 15 is 0 Å². The largest absolute Gasteiger partial charge is 0.348 e. The lowest BCUT2D eigenvalue weighted by molar-refractivity contribution is -0.116. The lowest BCUT2D eigenvalue weighted by Crippen LogP contribution is -2.35. The number of fused-ring (bicyclic) bond motifs is 1. The SMILES string of the molecule is O=C(/C=C/c1cccc2cccnc12)NCc1ccc(C(=O)N2CCCCC2)cc1. The zero-order chi connectivity index (χ0) is 20.8. The number of benzene rings is 2. The van der Waals surface area contributed by atoms with Crippen molar-refractivity contribution in [2.45, 2.75) is 25.8 Å². The molecule has 4 rings (SSSR count). The Labute approximate surface area is 176 Å². The van der Waals surface area contributed by atoms with Gasteiger partial charge in [0.05, 0.1) is 5.52 Å². The minimum atomic E-state index is -0.170. The molecule has 1 aliphatic rings. The Morgan fingerprint density at radius 3 is 2.53 bits per heavy atom. The molecule has 1 N–H and O–H groups in total. The van der Waals surface area contributed by atoms with E-state index in [4.69, 9.17) is 0 Å². The van der Waals surface area contributed by atoms with Gasteiger partial charge in [0.25, 0.3) is 5.91 Å². The molecule has 1 aliphatic heterocycles. The van der Waals surface area contributed by atoms with E-state index in [0.29, 0.717) is 12.1 Å². The van der Waals surface area contributed by atoms with Crippen LogP contribution in [0.3, 0.4) is 0 Å². The lowest BCUT2D eigenvalue weighted by Gasteiger charge is -2.26. The molecule has 0 unspecified atom stereocenters. The van der Waals surface area contributed by atoms with Crippen LogP contribution in [0.4, 0.5) is 0 Å². The van der Waals surface area contributed by atoms with E-state index in [0.717, 1.165) is 48.0 Å². The zero-order valence-electron chi connectivity index (χ0n) is 16.9. The number of nitrogens with one attached hydrogen (secondary N) is 1. The van der Waals surface area contributed by atoms with Crippen LogP contribution in [0.2, 0.25) is 0 Å². The topological polar surface area (TPSA) is 62.3 Å². The van der Waals surface area contributed by atoms with Crippen LogP contribution in [0.5, 0.6) is 0 Å². The highest BCUT2D eigenvalue weighted by atomic mass is 16.2. The first-order valence-electron chi connectivity index (χ1n) is 10.4. The number of likely N-dealkylation sites (tertiary alicyclic amines) is 1. The van der Waals surface area contributed by atoms with Crippen LogP contribution in [0.25, 0.3) is 17.0 Å². The van der Waals surface area contributed by atoms with Gasteiger partial charge in [-0.1, -0.05) is 36.4 Å². The molecule has 1 fully saturated rings. The Hall–Kier alpha value is -3.47. The van der Waals surface area contributed by atoms with Gasteiger partial charge in [0, 0.05) is 48.4 Å².